The van der Waals surface area contributed by atoms with Crippen LogP contribution >= 0.6 is 0 Å². The molecule has 0 amide bonds. The van der Waals surface area contributed by atoms with Gasteiger partial charge in [0.25, 0.3) is 0 Å². The summed E-state index contributed by atoms with van der Waals surface area (Å²) in [6.07, 6.45) is 0. The summed E-state index contributed by atoms with van der Waals surface area (Å²) in [5, 5.41) is 4.51. The van der Waals surface area contributed by atoms with Crippen LogP contribution in [0, 0.1) is 0 Å². The molecule has 9 aromatic rings. The summed E-state index contributed by atoms with van der Waals surface area (Å²) in [5.74, 6) is 0.604. The van der Waals surface area contributed by atoms with Gasteiger partial charge < -0.3 is 9.32 Å². The first-order valence-electron chi connectivity index (χ1n) is 16.2. The van der Waals surface area contributed by atoms with Crippen LogP contribution in [0.5, 0.6) is 0 Å². The van der Waals surface area contributed by atoms with Crippen molar-refractivity contribution < 1.29 is 4.42 Å². The third-order valence-electron chi connectivity index (χ3n) is 9.09. The number of oxazole rings is 1. The molecule has 0 atom stereocenters. The fourth-order valence-corrected chi connectivity index (χ4v) is 6.74. The molecule has 9 rings (SSSR count). The Hall–Kier alpha value is -6.45. The first-order valence-corrected chi connectivity index (χ1v) is 16.2. The molecule has 0 N–H and O–H groups in total. The van der Waals surface area contributed by atoms with E-state index in [1.807, 2.05) is 12.1 Å². The van der Waals surface area contributed by atoms with E-state index in [0.29, 0.717) is 5.89 Å². The number of nitrogens with zero attached hydrogens (tertiary/aromatic N) is 2. The summed E-state index contributed by atoms with van der Waals surface area (Å²) in [5.41, 5.74) is 10.5. The minimum atomic E-state index is 0.604. The van der Waals surface area contributed by atoms with Gasteiger partial charge in [0.1, 0.15) is 5.52 Å². The van der Waals surface area contributed by atoms with Crippen LogP contribution in [0.4, 0.5) is 17.1 Å². The summed E-state index contributed by atoms with van der Waals surface area (Å²) < 4.78 is 6.62. The van der Waals surface area contributed by atoms with Gasteiger partial charge in [-0.05, 0) is 75.5 Å². The van der Waals surface area contributed by atoms with Crippen LogP contribution in [0.15, 0.2) is 186 Å². The lowest BCUT2D eigenvalue weighted by Crippen LogP contribution is -2.10. The smallest absolute Gasteiger partial charge is 0.227 e. The molecule has 0 aliphatic rings. The van der Waals surface area contributed by atoms with Gasteiger partial charge in [-0.25, -0.2) is 4.98 Å². The summed E-state index contributed by atoms with van der Waals surface area (Å²) >= 11 is 0. The lowest BCUT2D eigenvalue weighted by atomic mass is 10.0. The highest BCUT2D eigenvalue weighted by Crippen LogP contribution is 2.40. The van der Waals surface area contributed by atoms with Crippen LogP contribution in [0.3, 0.4) is 0 Å². The molecule has 0 fully saturated rings. The van der Waals surface area contributed by atoms with Crippen molar-refractivity contribution in [2.75, 3.05) is 4.90 Å². The Morgan fingerprint density at radius 1 is 0.354 bits per heavy atom. The highest BCUT2D eigenvalue weighted by atomic mass is 16.3. The van der Waals surface area contributed by atoms with E-state index >= 15 is 0 Å². The van der Waals surface area contributed by atoms with Gasteiger partial charge in [0.15, 0.2) is 5.58 Å². The largest absolute Gasteiger partial charge is 0.435 e. The number of anilines is 3. The highest BCUT2D eigenvalue weighted by molar-refractivity contribution is 6.22. The fraction of sp³-hybridized carbons (Fsp3) is 0. The van der Waals surface area contributed by atoms with E-state index in [1.165, 1.54) is 33.0 Å². The molecule has 0 bridgehead atoms. The van der Waals surface area contributed by atoms with E-state index in [-0.39, 0.29) is 0 Å². The van der Waals surface area contributed by atoms with Gasteiger partial charge in [0, 0.05) is 33.4 Å². The average Bonchev–Trinajstić information content (AvgIpc) is 3.63. The number of aromatic nitrogens is 1. The molecule has 3 nitrogen and oxygen atoms in total. The quantitative estimate of drug-likeness (QED) is 0.175. The summed E-state index contributed by atoms with van der Waals surface area (Å²) in [4.78, 5) is 7.40. The van der Waals surface area contributed by atoms with E-state index in [1.54, 1.807) is 0 Å². The van der Waals surface area contributed by atoms with Crippen molar-refractivity contribution in [1.82, 2.24) is 4.98 Å². The Balaban J connectivity index is 1.17. The van der Waals surface area contributed by atoms with Crippen molar-refractivity contribution in [3.05, 3.63) is 182 Å². The molecule has 0 radical (unpaired) electrons. The van der Waals surface area contributed by atoms with Crippen LogP contribution < -0.4 is 4.90 Å². The maximum Gasteiger partial charge on any atom is 0.227 e. The number of hydrogen-bond donors (Lipinski definition) is 0. The topological polar surface area (TPSA) is 29.3 Å². The molecule has 3 heteroatoms. The van der Waals surface area contributed by atoms with Gasteiger partial charge >= 0.3 is 0 Å². The number of benzene rings is 8. The van der Waals surface area contributed by atoms with E-state index in [2.05, 4.69) is 175 Å². The second-order valence-electron chi connectivity index (χ2n) is 12.0. The first-order chi connectivity index (χ1) is 23.8. The van der Waals surface area contributed by atoms with E-state index in [0.717, 1.165) is 44.5 Å². The van der Waals surface area contributed by atoms with Crippen molar-refractivity contribution >= 4 is 49.7 Å². The fourth-order valence-electron chi connectivity index (χ4n) is 6.74. The van der Waals surface area contributed by atoms with Gasteiger partial charge in [0.2, 0.25) is 5.89 Å². The minimum Gasteiger partial charge on any atom is -0.435 e. The number of rotatable bonds is 6. The molecule has 0 unspecified atom stereocenters. The van der Waals surface area contributed by atoms with Crippen LogP contribution in [0.2, 0.25) is 0 Å². The molecule has 0 saturated heterocycles. The lowest BCUT2D eigenvalue weighted by Gasteiger charge is -2.26. The zero-order valence-electron chi connectivity index (χ0n) is 26.1. The minimum absolute atomic E-state index is 0.604. The Morgan fingerprint density at radius 3 is 1.40 bits per heavy atom. The lowest BCUT2D eigenvalue weighted by molar-refractivity contribution is 0.623. The molecular weight excluding hydrogens is 585 g/mol. The monoisotopic (exact) mass is 614 g/mol. The maximum atomic E-state index is 6.62. The number of hydrogen-bond acceptors (Lipinski definition) is 3. The molecule has 0 aliphatic carbocycles. The number of fused-ring (bicyclic) bond motifs is 6. The second-order valence-corrected chi connectivity index (χ2v) is 12.0. The normalized spacial score (nSPS) is 11.3. The van der Waals surface area contributed by atoms with Gasteiger partial charge in [-0.15, -0.1) is 0 Å². The molecule has 1 heterocycles. The Bertz CT molecular complexity index is 2380. The van der Waals surface area contributed by atoms with E-state index < -0.39 is 0 Å². The predicted octanol–water partition coefficient (Wildman–Crippen LogP) is 12.6. The van der Waals surface area contributed by atoms with Crippen molar-refractivity contribution in [1.29, 1.82) is 0 Å². The average molecular weight is 615 g/mol. The Morgan fingerprint density at radius 2 is 0.812 bits per heavy atom. The molecule has 48 heavy (non-hydrogen) atoms. The van der Waals surface area contributed by atoms with Crippen molar-refractivity contribution in [2.24, 2.45) is 0 Å². The Kier molecular flexibility index (Phi) is 6.80. The van der Waals surface area contributed by atoms with Gasteiger partial charge in [-0.2, -0.15) is 0 Å². The molecule has 8 aromatic carbocycles. The molecule has 0 saturated carbocycles. The molecule has 0 spiro atoms. The van der Waals surface area contributed by atoms with Crippen LogP contribution in [0.25, 0.3) is 66.4 Å². The zero-order valence-corrected chi connectivity index (χ0v) is 26.1. The third kappa shape index (κ3) is 4.90. The third-order valence-corrected chi connectivity index (χ3v) is 9.09. The predicted molar refractivity (Wildman–Crippen MR) is 200 cm³/mol. The molecule has 1 aromatic heterocycles. The molecule has 0 aliphatic heterocycles. The maximum absolute atomic E-state index is 6.62. The SMILES string of the molecule is c1ccc(-c2ccc(N(c3ccc(-c4ccccc4)cc3)c3cccc(-c4nc5c6ccccc6c6ccccc6c5o4)c3)cc2)cc1. The summed E-state index contributed by atoms with van der Waals surface area (Å²) in [6.45, 7) is 0. The van der Waals surface area contributed by atoms with Crippen molar-refractivity contribution in [3.8, 4) is 33.7 Å². The van der Waals surface area contributed by atoms with Crippen LogP contribution in [-0.2, 0) is 0 Å². The standard InChI is InChI=1S/C45H30N2O/c1-3-12-31(13-4-1)33-22-26-36(27-23-33)47(37-28-24-34(25-29-37)32-14-5-2-6-15-32)38-17-11-16-35(30-38)45-46-43-41-20-9-7-18-39(41)40-19-8-10-21-42(40)44(43)48-45/h1-30H. The molecular formula is C45H30N2O. The molecule has 226 valence electrons. The Labute approximate surface area is 279 Å². The first kappa shape index (κ1) is 27.8. The van der Waals surface area contributed by atoms with Gasteiger partial charge in [0.05, 0.1) is 0 Å². The second kappa shape index (κ2) is 11.7. The van der Waals surface area contributed by atoms with Gasteiger partial charge in [-0.3, -0.25) is 0 Å². The van der Waals surface area contributed by atoms with Crippen molar-refractivity contribution in [2.45, 2.75) is 0 Å². The highest BCUT2D eigenvalue weighted by Gasteiger charge is 2.18. The summed E-state index contributed by atoms with van der Waals surface area (Å²) in [6, 6.07) is 63.8. The zero-order chi connectivity index (χ0) is 31.9. The van der Waals surface area contributed by atoms with E-state index in [4.69, 9.17) is 9.40 Å². The van der Waals surface area contributed by atoms with E-state index in [9.17, 15) is 0 Å². The summed E-state index contributed by atoms with van der Waals surface area (Å²) in [7, 11) is 0. The van der Waals surface area contributed by atoms with Gasteiger partial charge in [-0.1, -0.05) is 140 Å². The van der Waals surface area contributed by atoms with Crippen LogP contribution in [0.1, 0.15) is 0 Å². The van der Waals surface area contributed by atoms with Crippen LogP contribution in [-0.4, -0.2) is 4.98 Å². The van der Waals surface area contributed by atoms with Crippen molar-refractivity contribution in [3.63, 3.8) is 0 Å².